The van der Waals surface area contributed by atoms with Crippen LogP contribution in [-0.2, 0) is 6.54 Å². The number of carboxylic acid groups (broad SMARTS) is 1. The molecule has 6 nitrogen and oxygen atoms in total. The fraction of sp³-hybridized carbons (Fsp3) is 0.0417. The van der Waals surface area contributed by atoms with Gasteiger partial charge in [0.2, 0.25) is 0 Å². The van der Waals surface area contributed by atoms with Gasteiger partial charge in [-0.3, -0.25) is 0 Å². The van der Waals surface area contributed by atoms with E-state index in [9.17, 15) is 9.18 Å². The Bertz CT molecular complexity index is 1260. The maximum absolute atomic E-state index is 13.2. The fourth-order valence-corrected chi connectivity index (χ4v) is 3.14. The number of carbonyl (C=O) groups is 1. The highest BCUT2D eigenvalue weighted by Gasteiger charge is 2.13. The molecule has 0 unspecified atom stereocenters. The lowest BCUT2D eigenvalue weighted by Crippen LogP contribution is -2.00. The number of nitriles is 1. The minimum absolute atomic E-state index is 0.196. The van der Waals surface area contributed by atoms with Crippen molar-refractivity contribution in [2.75, 3.05) is 5.32 Å². The van der Waals surface area contributed by atoms with Crippen molar-refractivity contribution in [2.24, 2.45) is 0 Å². The summed E-state index contributed by atoms with van der Waals surface area (Å²) < 4.78 is 14.8. The van der Waals surface area contributed by atoms with Gasteiger partial charge in [-0.05, 0) is 60.7 Å². The summed E-state index contributed by atoms with van der Waals surface area (Å²) in [6.07, 6.45) is 1.86. The lowest BCUT2D eigenvalue weighted by molar-refractivity contribution is 0.0697. The van der Waals surface area contributed by atoms with Crippen molar-refractivity contribution in [3.63, 3.8) is 0 Å². The molecule has 0 amide bonds. The van der Waals surface area contributed by atoms with Gasteiger partial charge in [-0.1, -0.05) is 12.1 Å². The van der Waals surface area contributed by atoms with E-state index in [2.05, 4.69) is 11.4 Å². The Balaban J connectivity index is 1.69. The SMILES string of the molecule is N#Cc1ccc(-c2nn(-c3ccc(C(=O)O)cc3)cc2CNc2ccc(F)cc2)cc1. The third kappa shape index (κ3) is 4.43. The van der Waals surface area contributed by atoms with Crippen LogP contribution < -0.4 is 5.32 Å². The van der Waals surface area contributed by atoms with Crippen LogP contribution in [0.25, 0.3) is 16.9 Å². The van der Waals surface area contributed by atoms with Gasteiger partial charge < -0.3 is 10.4 Å². The summed E-state index contributed by atoms with van der Waals surface area (Å²) in [5, 5.41) is 26.1. The second-order valence-electron chi connectivity index (χ2n) is 6.85. The van der Waals surface area contributed by atoms with Crippen molar-refractivity contribution in [3.05, 3.63) is 102 Å². The average Bonchev–Trinajstić information content (AvgIpc) is 3.23. The number of aromatic nitrogens is 2. The van der Waals surface area contributed by atoms with E-state index in [4.69, 9.17) is 15.5 Å². The van der Waals surface area contributed by atoms with Crippen LogP contribution in [0.15, 0.2) is 79.0 Å². The number of hydrogen-bond donors (Lipinski definition) is 2. The molecule has 4 aromatic rings. The topological polar surface area (TPSA) is 90.9 Å². The van der Waals surface area contributed by atoms with E-state index in [0.29, 0.717) is 17.8 Å². The summed E-state index contributed by atoms with van der Waals surface area (Å²) >= 11 is 0. The minimum Gasteiger partial charge on any atom is -0.478 e. The average molecular weight is 412 g/mol. The monoisotopic (exact) mass is 412 g/mol. The van der Waals surface area contributed by atoms with E-state index >= 15 is 0 Å². The largest absolute Gasteiger partial charge is 0.478 e. The van der Waals surface area contributed by atoms with E-state index in [1.54, 1.807) is 41.1 Å². The Morgan fingerprint density at radius 1 is 1.03 bits per heavy atom. The Hall–Kier alpha value is -4.44. The van der Waals surface area contributed by atoms with Gasteiger partial charge in [0, 0.05) is 29.6 Å². The molecule has 0 fully saturated rings. The van der Waals surface area contributed by atoms with Crippen molar-refractivity contribution in [3.8, 4) is 23.0 Å². The van der Waals surface area contributed by atoms with Gasteiger partial charge in [0.1, 0.15) is 5.82 Å². The summed E-state index contributed by atoms with van der Waals surface area (Å²) in [5.74, 6) is -1.30. The van der Waals surface area contributed by atoms with Crippen molar-refractivity contribution in [1.82, 2.24) is 9.78 Å². The van der Waals surface area contributed by atoms with Gasteiger partial charge in [-0.25, -0.2) is 13.9 Å². The Kier molecular flexibility index (Phi) is 5.45. The number of hydrogen-bond acceptors (Lipinski definition) is 4. The summed E-state index contributed by atoms with van der Waals surface area (Å²) in [4.78, 5) is 11.1. The first-order chi connectivity index (χ1) is 15.0. The zero-order valence-electron chi connectivity index (χ0n) is 16.3. The molecular formula is C24H17FN4O2. The second-order valence-corrected chi connectivity index (χ2v) is 6.85. The number of anilines is 1. The fourth-order valence-electron chi connectivity index (χ4n) is 3.14. The maximum Gasteiger partial charge on any atom is 0.335 e. The molecule has 1 aromatic heterocycles. The maximum atomic E-state index is 13.2. The lowest BCUT2D eigenvalue weighted by atomic mass is 10.1. The Morgan fingerprint density at radius 2 is 1.71 bits per heavy atom. The molecule has 2 N–H and O–H groups in total. The van der Waals surface area contributed by atoms with Crippen LogP contribution in [0.3, 0.4) is 0 Å². The van der Waals surface area contributed by atoms with Crippen molar-refractivity contribution < 1.29 is 14.3 Å². The number of halogens is 1. The van der Waals surface area contributed by atoms with Gasteiger partial charge >= 0.3 is 5.97 Å². The van der Waals surface area contributed by atoms with Gasteiger partial charge in [0.05, 0.1) is 28.6 Å². The molecule has 0 aliphatic rings. The number of aromatic carboxylic acids is 1. The standard InChI is InChI=1S/C24H17FN4O2/c25-20-7-9-21(10-8-20)27-14-19-15-29(22-11-5-18(6-12-22)24(30)31)28-23(19)17-3-1-16(13-26)2-4-17/h1-12,15,27H,14H2,(H,30,31). The highest BCUT2D eigenvalue weighted by atomic mass is 19.1. The van der Waals surface area contributed by atoms with Crippen LogP contribution >= 0.6 is 0 Å². The van der Waals surface area contributed by atoms with Crippen molar-refractivity contribution in [1.29, 1.82) is 5.26 Å². The van der Waals surface area contributed by atoms with Gasteiger partial charge in [-0.15, -0.1) is 0 Å². The number of nitrogens with one attached hydrogen (secondary N) is 1. The zero-order chi connectivity index (χ0) is 21.8. The molecule has 31 heavy (non-hydrogen) atoms. The molecule has 3 aromatic carbocycles. The van der Waals surface area contributed by atoms with Crippen LogP contribution in [0.1, 0.15) is 21.5 Å². The summed E-state index contributed by atoms with van der Waals surface area (Å²) in [7, 11) is 0. The highest BCUT2D eigenvalue weighted by Crippen LogP contribution is 2.25. The molecule has 0 aliphatic heterocycles. The quantitative estimate of drug-likeness (QED) is 0.472. The van der Waals surface area contributed by atoms with Gasteiger partial charge in [0.15, 0.2) is 0 Å². The molecule has 0 aliphatic carbocycles. The lowest BCUT2D eigenvalue weighted by Gasteiger charge is -2.07. The molecule has 1 heterocycles. The van der Waals surface area contributed by atoms with Gasteiger partial charge in [-0.2, -0.15) is 10.4 Å². The molecule has 0 atom stereocenters. The van der Waals surface area contributed by atoms with E-state index in [-0.39, 0.29) is 11.4 Å². The van der Waals surface area contributed by atoms with E-state index in [1.165, 1.54) is 24.3 Å². The molecule has 4 rings (SSSR count). The molecule has 0 radical (unpaired) electrons. The normalized spacial score (nSPS) is 10.5. The van der Waals surface area contributed by atoms with Crippen molar-refractivity contribution >= 4 is 11.7 Å². The van der Waals surface area contributed by atoms with E-state index in [1.807, 2.05) is 18.3 Å². The first-order valence-corrected chi connectivity index (χ1v) is 9.46. The molecule has 0 spiro atoms. The molecular weight excluding hydrogens is 395 g/mol. The zero-order valence-corrected chi connectivity index (χ0v) is 16.3. The number of rotatable bonds is 6. The first kappa shape index (κ1) is 19.9. The van der Waals surface area contributed by atoms with Gasteiger partial charge in [0.25, 0.3) is 0 Å². The highest BCUT2D eigenvalue weighted by molar-refractivity contribution is 5.87. The van der Waals surface area contributed by atoms with Crippen LogP contribution in [0.4, 0.5) is 10.1 Å². The second kappa shape index (κ2) is 8.51. The smallest absolute Gasteiger partial charge is 0.335 e. The van der Waals surface area contributed by atoms with E-state index < -0.39 is 5.97 Å². The summed E-state index contributed by atoms with van der Waals surface area (Å²) in [6.45, 7) is 0.439. The Morgan fingerprint density at radius 3 is 2.32 bits per heavy atom. The third-order valence-corrected chi connectivity index (χ3v) is 4.78. The molecule has 0 bridgehead atoms. The summed E-state index contributed by atoms with van der Waals surface area (Å²) in [5.41, 5.74) is 4.69. The molecule has 7 heteroatoms. The van der Waals surface area contributed by atoms with Crippen LogP contribution in [0, 0.1) is 17.1 Å². The molecule has 152 valence electrons. The van der Waals surface area contributed by atoms with Crippen LogP contribution in [-0.4, -0.2) is 20.9 Å². The molecule has 0 saturated carbocycles. The van der Waals surface area contributed by atoms with Crippen LogP contribution in [0.2, 0.25) is 0 Å². The van der Waals surface area contributed by atoms with Crippen molar-refractivity contribution in [2.45, 2.75) is 6.54 Å². The van der Waals surface area contributed by atoms with Crippen LogP contribution in [0.5, 0.6) is 0 Å². The predicted molar refractivity (Wildman–Crippen MR) is 114 cm³/mol. The number of nitrogens with zero attached hydrogens (tertiary/aromatic N) is 3. The summed E-state index contributed by atoms with van der Waals surface area (Å²) in [6, 6.07) is 21.7. The number of carboxylic acids is 1. The molecule has 0 saturated heterocycles. The van der Waals surface area contributed by atoms with E-state index in [0.717, 1.165) is 22.5 Å². The predicted octanol–water partition coefficient (Wildman–Crippen LogP) is 4.86. The number of benzene rings is 3. The Labute approximate surface area is 177 Å². The first-order valence-electron chi connectivity index (χ1n) is 9.46. The minimum atomic E-state index is -0.991. The third-order valence-electron chi connectivity index (χ3n) is 4.78.